The van der Waals surface area contributed by atoms with Gasteiger partial charge in [-0.05, 0) is 54.3 Å². The van der Waals surface area contributed by atoms with Crippen molar-refractivity contribution < 1.29 is 0 Å². The number of nitrogens with zero attached hydrogens (tertiary/aromatic N) is 2. The third-order valence-corrected chi connectivity index (χ3v) is 6.49. The van der Waals surface area contributed by atoms with Crippen LogP contribution in [0, 0.1) is 13.8 Å². The molecule has 0 amide bonds. The van der Waals surface area contributed by atoms with Crippen molar-refractivity contribution >= 4 is 33.6 Å². The number of rotatable bonds is 4. The summed E-state index contributed by atoms with van der Waals surface area (Å²) in [6.45, 7) is 8.68. The lowest BCUT2D eigenvalue weighted by Gasteiger charge is -2.11. The Morgan fingerprint density at radius 1 is 0.562 bits per heavy atom. The molecule has 5 rings (SSSR count). The topological polar surface area (TPSA) is 24.7 Å². The monoisotopic (exact) mass is 416 g/mol. The van der Waals surface area contributed by atoms with E-state index in [1.807, 2.05) is 0 Å². The highest BCUT2D eigenvalue weighted by Gasteiger charge is 2.28. The maximum absolute atomic E-state index is 5.32. The third kappa shape index (κ3) is 3.27. The van der Waals surface area contributed by atoms with Gasteiger partial charge in [-0.15, -0.1) is 0 Å². The van der Waals surface area contributed by atoms with Gasteiger partial charge < -0.3 is 0 Å². The molecule has 0 spiro atoms. The zero-order chi connectivity index (χ0) is 22.2. The van der Waals surface area contributed by atoms with E-state index < -0.39 is 0 Å². The first-order chi connectivity index (χ1) is 15.6. The first kappa shape index (κ1) is 20.4. The molecule has 0 fully saturated rings. The van der Waals surface area contributed by atoms with Crippen molar-refractivity contribution in [1.29, 1.82) is 0 Å². The van der Waals surface area contributed by atoms with E-state index in [1.54, 1.807) is 0 Å². The van der Waals surface area contributed by atoms with Crippen LogP contribution in [-0.4, -0.2) is 11.4 Å². The third-order valence-electron chi connectivity index (χ3n) is 6.49. The van der Waals surface area contributed by atoms with Crippen LogP contribution in [-0.2, 0) is 12.8 Å². The van der Waals surface area contributed by atoms with Crippen LogP contribution in [0.1, 0.15) is 47.2 Å². The average molecular weight is 417 g/mol. The molecular formula is C30H28N2. The van der Waals surface area contributed by atoms with Gasteiger partial charge in [-0.1, -0.05) is 86.6 Å². The van der Waals surface area contributed by atoms with E-state index in [9.17, 15) is 0 Å². The number of aliphatic imine (C=N–C) groups is 2. The van der Waals surface area contributed by atoms with E-state index in [1.165, 1.54) is 44.2 Å². The lowest BCUT2D eigenvalue weighted by atomic mass is 10.0. The minimum atomic E-state index is 0.954. The molecule has 4 aromatic carbocycles. The Labute approximate surface area is 190 Å². The van der Waals surface area contributed by atoms with Crippen molar-refractivity contribution in [2.24, 2.45) is 9.98 Å². The standard InChI is InChI=1S/C30H28N2/c1-5-21-13-7-11-19(3)27(21)31-29-24-17-9-15-23-16-10-18-25(26(23)24)30(29)32-28-20(4)12-8-14-22(28)6-2/h7-18H,5-6H2,1-4H3. The maximum atomic E-state index is 5.32. The molecule has 0 N–H and O–H groups in total. The fourth-order valence-corrected chi connectivity index (χ4v) is 4.77. The summed E-state index contributed by atoms with van der Waals surface area (Å²) in [6.07, 6.45) is 1.91. The van der Waals surface area contributed by atoms with E-state index in [0.29, 0.717) is 0 Å². The first-order valence-electron chi connectivity index (χ1n) is 11.5. The second-order valence-corrected chi connectivity index (χ2v) is 8.50. The molecule has 158 valence electrons. The normalized spacial score (nSPS) is 15.2. The highest BCUT2D eigenvalue weighted by atomic mass is 14.8. The fourth-order valence-electron chi connectivity index (χ4n) is 4.77. The SMILES string of the molecule is CCc1cccc(C)c1N=C1C(=Nc2c(C)cccc2CC)c2cccc3cccc1c23. The van der Waals surface area contributed by atoms with Gasteiger partial charge in [-0.2, -0.15) is 0 Å². The summed E-state index contributed by atoms with van der Waals surface area (Å²) in [5.74, 6) is 0. The maximum Gasteiger partial charge on any atom is 0.0979 e. The minimum absolute atomic E-state index is 0.954. The number of aryl methyl sites for hydroxylation is 4. The van der Waals surface area contributed by atoms with Gasteiger partial charge in [0.2, 0.25) is 0 Å². The molecule has 0 aliphatic heterocycles. The van der Waals surface area contributed by atoms with E-state index in [-0.39, 0.29) is 0 Å². The molecule has 2 nitrogen and oxygen atoms in total. The van der Waals surface area contributed by atoms with Crippen molar-refractivity contribution in [2.75, 3.05) is 0 Å². The fraction of sp³-hybridized carbons (Fsp3) is 0.200. The van der Waals surface area contributed by atoms with E-state index in [4.69, 9.17) is 9.98 Å². The lowest BCUT2D eigenvalue weighted by molar-refractivity contribution is 1.12. The zero-order valence-corrected chi connectivity index (χ0v) is 19.2. The summed E-state index contributed by atoms with van der Waals surface area (Å²) in [5.41, 5.74) is 11.4. The molecule has 0 aromatic heterocycles. The predicted molar refractivity (Wildman–Crippen MR) is 137 cm³/mol. The van der Waals surface area contributed by atoms with Gasteiger partial charge in [0.1, 0.15) is 0 Å². The zero-order valence-electron chi connectivity index (χ0n) is 19.2. The van der Waals surface area contributed by atoms with Crippen molar-refractivity contribution in [3.8, 4) is 0 Å². The van der Waals surface area contributed by atoms with Gasteiger partial charge in [-0.25, -0.2) is 9.98 Å². The predicted octanol–water partition coefficient (Wildman–Crippen LogP) is 7.84. The molecule has 4 aromatic rings. The van der Waals surface area contributed by atoms with Gasteiger partial charge in [0.05, 0.1) is 22.8 Å². The average Bonchev–Trinajstić information content (AvgIpc) is 3.11. The Morgan fingerprint density at radius 3 is 1.44 bits per heavy atom. The second-order valence-electron chi connectivity index (χ2n) is 8.50. The van der Waals surface area contributed by atoms with E-state index in [0.717, 1.165) is 35.6 Å². The van der Waals surface area contributed by atoms with Crippen LogP contribution in [0.15, 0.2) is 82.8 Å². The largest absolute Gasteiger partial charge is 0.246 e. The Kier molecular flexibility index (Phi) is 5.22. The molecule has 0 atom stereocenters. The summed E-state index contributed by atoms with van der Waals surface area (Å²) in [5, 5.41) is 2.49. The number of hydrogen-bond acceptors (Lipinski definition) is 2. The molecule has 0 saturated heterocycles. The molecule has 0 bridgehead atoms. The molecule has 0 saturated carbocycles. The summed E-state index contributed by atoms with van der Waals surface area (Å²) < 4.78 is 0. The van der Waals surface area contributed by atoms with Crippen LogP contribution in [0.4, 0.5) is 11.4 Å². The summed E-state index contributed by atoms with van der Waals surface area (Å²) in [6, 6.07) is 25.9. The molecule has 0 radical (unpaired) electrons. The van der Waals surface area contributed by atoms with Crippen LogP contribution in [0.2, 0.25) is 0 Å². The quantitative estimate of drug-likeness (QED) is 0.324. The molecule has 1 aliphatic carbocycles. The molecule has 0 heterocycles. The second kappa shape index (κ2) is 8.20. The highest BCUT2D eigenvalue weighted by Crippen LogP contribution is 2.36. The molecule has 2 heteroatoms. The molecular weight excluding hydrogens is 388 g/mol. The number of benzene rings is 4. The van der Waals surface area contributed by atoms with Crippen LogP contribution >= 0.6 is 0 Å². The lowest BCUT2D eigenvalue weighted by Crippen LogP contribution is -2.11. The van der Waals surface area contributed by atoms with Crippen LogP contribution in [0.25, 0.3) is 10.8 Å². The van der Waals surface area contributed by atoms with Crippen molar-refractivity contribution in [2.45, 2.75) is 40.5 Å². The minimum Gasteiger partial charge on any atom is -0.246 e. The smallest absolute Gasteiger partial charge is 0.0979 e. The summed E-state index contributed by atoms with van der Waals surface area (Å²) >= 11 is 0. The molecule has 32 heavy (non-hydrogen) atoms. The Balaban J connectivity index is 1.84. The summed E-state index contributed by atoms with van der Waals surface area (Å²) in [4.78, 5) is 10.6. The first-order valence-corrected chi connectivity index (χ1v) is 11.5. The van der Waals surface area contributed by atoms with Crippen LogP contribution in [0.5, 0.6) is 0 Å². The van der Waals surface area contributed by atoms with Gasteiger partial charge in [0.15, 0.2) is 0 Å². The Hall–Kier alpha value is -3.52. The van der Waals surface area contributed by atoms with Crippen LogP contribution < -0.4 is 0 Å². The van der Waals surface area contributed by atoms with Crippen molar-refractivity contribution in [3.63, 3.8) is 0 Å². The van der Waals surface area contributed by atoms with Gasteiger partial charge >= 0.3 is 0 Å². The Bertz CT molecular complexity index is 1300. The summed E-state index contributed by atoms with van der Waals surface area (Å²) in [7, 11) is 0. The number of para-hydroxylation sites is 2. The van der Waals surface area contributed by atoms with Crippen molar-refractivity contribution in [3.05, 3.63) is 106 Å². The number of hydrogen-bond donors (Lipinski definition) is 0. The molecule has 0 unspecified atom stereocenters. The van der Waals surface area contributed by atoms with Crippen molar-refractivity contribution in [1.82, 2.24) is 0 Å². The Morgan fingerprint density at radius 2 is 1.00 bits per heavy atom. The highest BCUT2D eigenvalue weighted by molar-refractivity contribution is 6.61. The molecule has 1 aliphatic rings. The van der Waals surface area contributed by atoms with Crippen LogP contribution in [0.3, 0.4) is 0 Å². The van der Waals surface area contributed by atoms with Gasteiger partial charge in [0, 0.05) is 16.5 Å². The van der Waals surface area contributed by atoms with E-state index in [2.05, 4.69) is 100 Å². The van der Waals surface area contributed by atoms with Gasteiger partial charge in [0.25, 0.3) is 0 Å². The van der Waals surface area contributed by atoms with E-state index >= 15 is 0 Å². The van der Waals surface area contributed by atoms with Gasteiger partial charge in [-0.3, -0.25) is 0 Å².